The second-order valence-corrected chi connectivity index (χ2v) is 4.54. The van der Waals surface area contributed by atoms with Crippen molar-refractivity contribution in [2.45, 2.75) is 32.0 Å². The second kappa shape index (κ2) is 6.61. The number of aliphatic hydroxyl groups is 1. The Balaban J connectivity index is 1.81. The van der Waals surface area contributed by atoms with E-state index < -0.39 is 6.10 Å². The Morgan fingerprint density at radius 2 is 2.17 bits per heavy atom. The minimum absolute atomic E-state index is 0.297. The van der Waals surface area contributed by atoms with Crippen molar-refractivity contribution in [2.75, 3.05) is 19.7 Å². The van der Waals surface area contributed by atoms with Crippen LogP contribution in [0.4, 0.5) is 0 Å². The van der Waals surface area contributed by atoms with Crippen LogP contribution in [0.25, 0.3) is 0 Å². The van der Waals surface area contributed by atoms with Gasteiger partial charge in [0.2, 0.25) is 0 Å². The monoisotopic (exact) mass is 251 g/mol. The lowest BCUT2D eigenvalue weighted by Gasteiger charge is -2.29. The molecule has 1 aliphatic rings. The first-order valence-electron chi connectivity index (χ1n) is 6.58. The molecule has 4 heteroatoms. The lowest BCUT2D eigenvalue weighted by atomic mass is 10.2. The highest BCUT2D eigenvalue weighted by atomic mass is 16.6. The Bertz CT molecular complexity index is 370. The number of ether oxygens (including phenoxy) is 2. The smallest absolute Gasteiger partial charge is 0.161 e. The van der Waals surface area contributed by atoms with E-state index in [0.29, 0.717) is 18.9 Å². The van der Waals surface area contributed by atoms with Gasteiger partial charge in [-0.2, -0.15) is 0 Å². The van der Waals surface area contributed by atoms with Crippen LogP contribution in [-0.2, 0) is 0 Å². The minimum atomic E-state index is -0.546. The maximum absolute atomic E-state index is 10.0. The number of aliphatic hydroxyl groups excluding tert-OH is 1. The Morgan fingerprint density at radius 3 is 2.94 bits per heavy atom. The van der Waals surface area contributed by atoms with Crippen molar-refractivity contribution < 1.29 is 14.6 Å². The van der Waals surface area contributed by atoms with E-state index in [2.05, 4.69) is 12.2 Å². The molecule has 0 aliphatic carbocycles. The van der Waals surface area contributed by atoms with Crippen LogP contribution in [0.5, 0.6) is 11.5 Å². The van der Waals surface area contributed by atoms with E-state index in [1.807, 2.05) is 24.3 Å². The van der Waals surface area contributed by atoms with Crippen molar-refractivity contribution in [3.05, 3.63) is 24.3 Å². The van der Waals surface area contributed by atoms with Crippen LogP contribution in [-0.4, -0.2) is 37.0 Å². The van der Waals surface area contributed by atoms with Crippen molar-refractivity contribution >= 4 is 0 Å². The summed E-state index contributed by atoms with van der Waals surface area (Å²) in [4.78, 5) is 0. The summed E-state index contributed by atoms with van der Waals surface area (Å²) in [6, 6.07) is 7.54. The molecule has 0 amide bonds. The van der Waals surface area contributed by atoms with Crippen molar-refractivity contribution in [1.29, 1.82) is 0 Å². The van der Waals surface area contributed by atoms with Gasteiger partial charge in [-0.1, -0.05) is 25.5 Å². The van der Waals surface area contributed by atoms with Gasteiger partial charge in [-0.05, 0) is 25.1 Å². The first kappa shape index (κ1) is 13.2. The highest BCUT2D eigenvalue weighted by Crippen LogP contribution is 2.31. The first-order chi connectivity index (χ1) is 8.81. The molecule has 0 aromatic heterocycles. The third kappa shape index (κ3) is 3.37. The summed E-state index contributed by atoms with van der Waals surface area (Å²) in [5.41, 5.74) is 0. The molecule has 0 fully saturated rings. The Hall–Kier alpha value is -1.26. The molecule has 1 heterocycles. The van der Waals surface area contributed by atoms with Gasteiger partial charge in [-0.3, -0.25) is 0 Å². The number of hydrogen-bond acceptors (Lipinski definition) is 4. The summed E-state index contributed by atoms with van der Waals surface area (Å²) in [7, 11) is 0. The van der Waals surface area contributed by atoms with Gasteiger partial charge >= 0.3 is 0 Å². The topological polar surface area (TPSA) is 50.7 Å². The van der Waals surface area contributed by atoms with Crippen LogP contribution in [0, 0.1) is 0 Å². The van der Waals surface area contributed by atoms with Gasteiger partial charge in [0.25, 0.3) is 0 Å². The average molecular weight is 251 g/mol. The summed E-state index contributed by atoms with van der Waals surface area (Å²) in [6.45, 7) is 4.01. The molecule has 2 unspecified atom stereocenters. The molecule has 2 atom stereocenters. The van der Waals surface area contributed by atoms with Gasteiger partial charge < -0.3 is 19.9 Å². The third-order valence-electron chi connectivity index (χ3n) is 3.02. The summed E-state index contributed by atoms with van der Waals surface area (Å²) < 4.78 is 11.3. The first-order valence-corrected chi connectivity index (χ1v) is 6.58. The van der Waals surface area contributed by atoms with E-state index in [-0.39, 0.29) is 6.10 Å². The van der Waals surface area contributed by atoms with Crippen LogP contribution in [0.1, 0.15) is 19.8 Å². The van der Waals surface area contributed by atoms with Gasteiger partial charge in [0, 0.05) is 6.54 Å². The van der Waals surface area contributed by atoms with Gasteiger partial charge in [-0.15, -0.1) is 0 Å². The SMILES string of the molecule is CCCCNCC(O)C1COc2ccccc2O1. The molecular formula is C14H21NO3. The van der Waals surface area contributed by atoms with Gasteiger partial charge in [-0.25, -0.2) is 0 Å². The van der Waals surface area contributed by atoms with Crippen LogP contribution >= 0.6 is 0 Å². The van der Waals surface area contributed by atoms with E-state index in [1.165, 1.54) is 0 Å². The van der Waals surface area contributed by atoms with E-state index >= 15 is 0 Å². The zero-order chi connectivity index (χ0) is 12.8. The number of nitrogens with one attached hydrogen (secondary N) is 1. The van der Waals surface area contributed by atoms with Gasteiger partial charge in [0.15, 0.2) is 17.6 Å². The number of para-hydroxylation sites is 2. The number of unbranched alkanes of at least 4 members (excludes halogenated alkanes) is 1. The van der Waals surface area contributed by atoms with E-state index in [0.717, 1.165) is 25.1 Å². The Morgan fingerprint density at radius 1 is 1.39 bits per heavy atom. The molecule has 2 rings (SSSR count). The predicted octanol–water partition coefficient (Wildman–Crippen LogP) is 1.58. The fraction of sp³-hybridized carbons (Fsp3) is 0.571. The van der Waals surface area contributed by atoms with Gasteiger partial charge in [0.1, 0.15) is 12.7 Å². The molecule has 0 radical (unpaired) electrons. The van der Waals surface area contributed by atoms with Crippen molar-refractivity contribution in [3.63, 3.8) is 0 Å². The highest BCUT2D eigenvalue weighted by Gasteiger charge is 2.26. The fourth-order valence-electron chi connectivity index (χ4n) is 1.91. The molecule has 1 aromatic rings. The fourth-order valence-corrected chi connectivity index (χ4v) is 1.91. The summed E-state index contributed by atoms with van der Waals surface area (Å²) >= 11 is 0. The Labute approximate surface area is 108 Å². The highest BCUT2D eigenvalue weighted by molar-refractivity contribution is 5.40. The summed E-state index contributed by atoms with van der Waals surface area (Å²) in [6.07, 6.45) is 1.43. The van der Waals surface area contributed by atoms with E-state index in [9.17, 15) is 5.11 Å². The summed E-state index contributed by atoms with van der Waals surface area (Å²) in [5.74, 6) is 1.46. The molecule has 18 heavy (non-hydrogen) atoms. The molecule has 0 saturated heterocycles. The molecule has 1 aromatic carbocycles. The lowest BCUT2D eigenvalue weighted by Crippen LogP contribution is -2.45. The van der Waals surface area contributed by atoms with E-state index in [4.69, 9.17) is 9.47 Å². The van der Waals surface area contributed by atoms with Crippen molar-refractivity contribution in [1.82, 2.24) is 5.32 Å². The normalized spacial score (nSPS) is 19.6. The maximum atomic E-state index is 10.0. The molecule has 1 aliphatic heterocycles. The number of fused-ring (bicyclic) bond motifs is 1. The molecule has 4 nitrogen and oxygen atoms in total. The quantitative estimate of drug-likeness (QED) is 0.754. The zero-order valence-electron chi connectivity index (χ0n) is 10.8. The van der Waals surface area contributed by atoms with Crippen molar-refractivity contribution in [2.24, 2.45) is 0 Å². The minimum Gasteiger partial charge on any atom is -0.486 e. The second-order valence-electron chi connectivity index (χ2n) is 4.54. The van der Waals surface area contributed by atoms with Crippen LogP contribution in [0.2, 0.25) is 0 Å². The molecule has 100 valence electrons. The number of rotatable bonds is 6. The van der Waals surface area contributed by atoms with Crippen LogP contribution in [0.15, 0.2) is 24.3 Å². The van der Waals surface area contributed by atoms with Crippen LogP contribution in [0.3, 0.4) is 0 Å². The largest absolute Gasteiger partial charge is 0.486 e. The predicted molar refractivity (Wildman–Crippen MR) is 70.1 cm³/mol. The standard InChI is InChI=1S/C14H21NO3/c1-2-3-8-15-9-11(16)14-10-17-12-6-4-5-7-13(12)18-14/h4-7,11,14-16H,2-3,8-10H2,1H3. The average Bonchev–Trinajstić information content (AvgIpc) is 2.43. The molecule has 0 saturated carbocycles. The van der Waals surface area contributed by atoms with Gasteiger partial charge in [0.05, 0.1) is 0 Å². The Kier molecular flexibility index (Phi) is 4.84. The zero-order valence-corrected chi connectivity index (χ0v) is 10.8. The number of hydrogen-bond donors (Lipinski definition) is 2. The molecular weight excluding hydrogens is 230 g/mol. The maximum Gasteiger partial charge on any atom is 0.161 e. The molecule has 0 bridgehead atoms. The molecule has 0 spiro atoms. The summed E-state index contributed by atoms with van der Waals surface area (Å²) in [5, 5.41) is 13.3. The van der Waals surface area contributed by atoms with E-state index in [1.54, 1.807) is 0 Å². The number of benzene rings is 1. The third-order valence-corrected chi connectivity index (χ3v) is 3.02. The lowest BCUT2D eigenvalue weighted by molar-refractivity contribution is -0.00898. The molecule has 2 N–H and O–H groups in total. The van der Waals surface area contributed by atoms with Crippen molar-refractivity contribution in [3.8, 4) is 11.5 Å². The van der Waals surface area contributed by atoms with Crippen LogP contribution < -0.4 is 14.8 Å².